The number of hydrogen-bond acceptors (Lipinski definition) is 4. The zero-order valence-corrected chi connectivity index (χ0v) is 16.7. The number of carbonyl (C=O) groups is 2. The SMILES string of the molecule is CCCCCc1ccc(C=CC(=O)Nc2cccc3c(=O)cc(C(=O)O)oc23)cc1. The number of carboxylic acid groups (broad SMARTS) is 1. The molecule has 0 aliphatic heterocycles. The van der Waals surface area contributed by atoms with Crippen LogP contribution >= 0.6 is 0 Å². The molecule has 0 bridgehead atoms. The number of amides is 1. The molecule has 2 aromatic carbocycles. The molecule has 1 amide bonds. The van der Waals surface area contributed by atoms with E-state index in [0.29, 0.717) is 0 Å². The van der Waals surface area contributed by atoms with Gasteiger partial charge in [0.2, 0.25) is 11.7 Å². The van der Waals surface area contributed by atoms with Gasteiger partial charge in [-0.2, -0.15) is 0 Å². The number of anilines is 1. The third-order valence-corrected chi connectivity index (χ3v) is 4.70. The van der Waals surface area contributed by atoms with Gasteiger partial charge in [-0.15, -0.1) is 0 Å². The number of nitrogens with one attached hydrogen (secondary N) is 1. The van der Waals surface area contributed by atoms with Crippen LogP contribution in [0.2, 0.25) is 0 Å². The van der Waals surface area contributed by atoms with Crippen molar-refractivity contribution in [3.8, 4) is 0 Å². The molecule has 6 nitrogen and oxygen atoms in total. The third-order valence-electron chi connectivity index (χ3n) is 4.70. The van der Waals surface area contributed by atoms with Crippen LogP contribution in [0.3, 0.4) is 0 Å². The average molecular weight is 405 g/mol. The summed E-state index contributed by atoms with van der Waals surface area (Å²) in [4.78, 5) is 35.6. The topological polar surface area (TPSA) is 96.6 Å². The van der Waals surface area contributed by atoms with Crippen molar-refractivity contribution in [2.45, 2.75) is 32.6 Å². The zero-order chi connectivity index (χ0) is 21.5. The zero-order valence-electron chi connectivity index (χ0n) is 16.7. The minimum Gasteiger partial charge on any atom is -0.475 e. The summed E-state index contributed by atoms with van der Waals surface area (Å²) >= 11 is 0. The first-order valence-electron chi connectivity index (χ1n) is 9.86. The Balaban J connectivity index is 1.74. The Hall–Kier alpha value is -3.67. The Morgan fingerprint density at radius 3 is 2.57 bits per heavy atom. The van der Waals surface area contributed by atoms with E-state index in [1.54, 1.807) is 18.2 Å². The molecule has 0 aliphatic rings. The van der Waals surface area contributed by atoms with E-state index in [1.807, 2.05) is 12.1 Å². The van der Waals surface area contributed by atoms with Gasteiger partial charge < -0.3 is 14.8 Å². The third kappa shape index (κ3) is 5.23. The lowest BCUT2D eigenvalue weighted by Gasteiger charge is -2.06. The van der Waals surface area contributed by atoms with Crippen LogP contribution in [0, 0.1) is 0 Å². The Morgan fingerprint density at radius 1 is 1.10 bits per heavy atom. The quantitative estimate of drug-likeness (QED) is 0.411. The first kappa shape index (κ1) is 21.0. The van der Waals surface area contributed by atoms with E-state index in [1.165, 1.54) is 37.0 Å². The average Bonchev–Trinajstić information content (AvgIpc) is 2.74. The molecule has 0 saturated heterocycles. The van der Waals surface area contributed by atoms with Crippen molar-refractivity contribution in [3.63, 3.8) is 0 Å². The highest BCUT2D eigenvalue weighted by Crippen LogP contribution is 2.22. The van der Waals surface area contributed by atoms with Gasteiger partial charge in [-0.1, -0.05) is 50.1 Å². The molecule has 1 heterocycles. The number of benzene rings is 2. The number of aromatic carboxylic acids is 1. The fourth-order valence-electron chi connectivity index (χ4n) is 3.10. The molecular formula is C24H23NO5. The van der Waals surface area contributed by atoms with Crippen LogP contribution in [-0.2, 0) is 11.2 Å². The van der Waals surface area contributed by atoms with Crippen molar-refractivity contribution < 1.29 is 19.1 Å². The van der Waals surface area contributed by atoms with Gasteiger partial charge in [0, 0.05) is 12.1 Å². The molecule has 3 rings (SSSR count). The number of rotatable bonds is 8. The molecule has 154 valence electrons. The van der Waals surface area contributed by atoms with E-state index >= 15 is 0 Å². The van der Waals surface area contributed by atoms with E-state index in [-0.39, 0.29) is 16.7 Å². The summed E-state index contributed by atoms with van der Waals surface area (Å²) in [5, 5.41) is 11.9. The Kier molecular flexibility index (Phi) is 6.80. The first-order valence-corrected chi connectivity index (χ1v) is 9.86. The Bertz CT molecular complexity index is 1140. The number of unbranched alkanes of at least 4 members (excludes halogenated alkanes) is 2. The number of carboxylic acids is 1. The second kappa shape index (κ2) is 9.69. The fraction of sp³-hybridized carbons (Fsp3) is 0.208. The fourth-order valence-corrected chi connectivity index (χ4v) is 3.10. The van der Waals surface area contributed by atoms with E-state index < -0.39 is 23.1 Å². The lowest BCUT2D eigenvalue weighted by Crippen LogP contribution is -2.11. The van der Waals surface area contributed by atoms with Crippen LogP contribution in [0.5, 0.6) is 0 Å². The van der Waals surface area contributed by atoms with Crippen LogP contribution in [0.25, 0.3) is 17.0 Å². The molecular weight excluding hydrogens is 382 g/mol. The molecule has 0 saturated carbocycles. The van der Waals surface area contributed by atoms with Crippen molar-refractivity contribution in [1.29, 1.82) is 0 Å². The van der Waals surface area contributed by atoms with Gasteiger partial charge in [0.25, 0.3) is 0 Å². The summed E-state index contributed by atoms with van der Waals surface area (Å²) in [5.41, 5.74) is 1.93. The van der Waals surface area contributed by atoms with E-state index in [2.05, 4.69) is 24.4 Å². The number of aryl methyl sites for hydroxylation is 1. The van der Waals surface area contributed by atoms with Crippen LogP contribution in [0.4, 0.5) is 5.69 Å². The van der Waals surface area contributed by atoms with Crippen molar-refractivity contribution >= 4 is 34.6 Å². The van der Waals surface area contributed by atoms with E-state index in [4.69, 9.17) is 9.52 Å². The lowest BCUT2D eigenvalue weighted by atomic mass is 10.1. The molecule has 0 spiro atoms. The highest BCUT2D eigenvalue weighted by Gasteiger charge is 2.14. The summed E-state index contributed by atoms with van der Waals surface area (Å²) in [7, 11) is 0. The van der Waals surface area contributed by atoms with Crippen molar-refractivity contribution in [2.24, 2.45) is 0 Å². The van der Waals surface area contributed by atoms with Gasteiger partial charge in [-0.3, -0.25) is 9.59 Å². The maximum atomic E-state index is 12.3. The smallest absolute Gasteiger partial charge is 0.371 e. The largest absolute Gasteiger partial charge is 0.475 e. The molecule has 2 N–H and O–H groups in total. The van der Waals surface area contributed by atoms with Gasteiger partial charge in [0.05, 0.1) is 11.1 Å². The predicted molar refractivity (Wildman–Crippen MR) is 117 cm³/mol. The highest BCUT2D eigenvalue weighted by atomic mass is 16.4. The van der Waals surface area contributed by atoms with Crippen molar-refractivity contribution in [2.75, 3.05) is 5.32 Å². The monoisotopic (exact) mass is 405 g/mol. The molecule has 0 aliphatic carbocycles. The number of hydrogen-bond donors (Lipinski definition) is 2. The Morgan fingerprint density at radius 2 is 1.87 bits per heavy atom. The highest BCUT2D eigenvalue weighted by molar-refractivity contribution is 6.06. The van der Waals surface area contributed by atoms with Gasteiger partial charge in [0.1, 0.15) is 0 Å². The standard InChI is InChI=1S/C24H23NO5/c1-2-3-4-6-16-9-11-17(12-10-16)13-14-22(27)25-19-8-5-7-18-20(26)15-21(24(28)29)30-23(18)19/h5,7-15H,2-4,6H2,1H3,(H,25,27)(H,28,29). The summed E-state index contributed by atoms with van der Waals surface area (Å²) in [5.74, 6) is -2.25. The molecule has 6 heteroatoms. The number of carbonyl (C=O) groups excluding carboxylic acids is 1. The summed E-state index contributed by atoms with van der Waals surface area (Å²) in [6.45, 7) is 2.18. The maximum absolute atomic E-state index is 12.3. The van der Waals surface area contributed by atoms with Crippen LogP contribution < -0.4 is 10.7 Å². The minimum absolute atomic E-state index is 0.0283. The lowest BCUT2D eigenvalue weighted by molar-refractivity contribution is -0.111. The molecule has 3 aromatic rings. The molecule has 0 atom stereocenters. The van der Waals surface area contributed by atoms with E-state index in [9.17, 15) is 14.4 Å². The van der Waals surface area contributed by atoms with Crippen LogP contribution in [0.15, 0.2) is 63.8 Å². The number of fused-ring (bicyclic) bond motifs is 1. The molecule has 30 heavy (non-hydrogen) atoms. The van der Waals surface area contributed by atoms with Crippen molar-refractivity contribution in [3.05, 3.63) is 81.7 Å². The van der Waals surface area contributed by atoms with Gasteiger partial charge in [-0.05, 0) is 42.2 Å². The second-order valence-electron chi connectivity index (χ2n) is 6.98. The van der Waals surface area contributed by atoms with Gasteiger partial charge >= 0.3 is 5.97 Å². The minimum atomic E-state index is -1.35. The predicted octanol–water partition coefficient (Wildman–Crippen LogP) is 4.88. The van der Waals surface area contributed by atoms with Crippen LogP contribution in [-0.4, -0.2) is 17.0 Å². The first-order chi connectivity index (χ1) is 14.5. The Labute approximate surface area is 173 Å². The van der Waals surface area contributed by atoms with Crippen molar-refractivity contribution in [1.82, 2.24) is 0 Å². The summed E-state index contributed by atoms with van der Waals surface area (Å²) < 4.78 is 5.31. The molecule has 0 fully saturated rings. The second-order valence-corrected chi connectivity index (χ2v) is 6.98. The van der Waals surface area contributed by atoms with Crippen LogP contribution in [0.1, 0.15) is 47.9 Å². The molecule has 1 aromatic heterocycles. The van der Waals surface area contributed by atoms with Gasteiger partial charge in [0.15, 0.2) is 11.0 Å². The maximum Gasteiger partial charge on any atom is 0.371 e. The number of para-hydroxylation sites is 1. The summed E-state index contributed by atoms with van der Waals surface area (Å²) in [6.07, 6.45) is 7.68. The van der Waals surface area contributed by atoms with E-state index in [0.717, 1.165) is 18.1 Å². The van der Waals surface area contributed by atoms with Gasteiger partial charge in [-0.25, -0.2) is 4.79 Å². The summed E-state index contributed by atoms with van der Waals surface area (Å²) in [6, 6.07) is 13.6. The molecule has 0 radical (unpaired) electrons. The molecule has 0 unspecified atom stereocenters. The normalized spacial score (nSPS) is 11.1.